The van der Waals surface area contributed by atoms with Gasteiger partial charge in [0.15, 0.2) is 0 Å². The largest absolute Gasteiger partial charge is 0.463 e. The summed E-state index contributed by atoms with van der Waals surface area (Å²) < 4.78 is 16.1. The Morgan fingerprint density at radius 2 is 1.95 bits per heavy atom. The van der Waals surface area contributed by atoms with Gasteiger partial charge in [-0.05, 0) is 40.5 Å². The maximum absolute atomic E-state index is 11.1. The normalized spacial score (nSPS) is 34.6. The van der Waals surface area contributed by atoms with Gasteiger partial charge in [-0.25, -0.2) is 4.79 Å². The van der Waals surface area contributed by atoms with Crippen molar-refractivity contribution in [2.75, 3.05) is 6.61 Å². The smallest absolute Gasteiger partial charge is 0.330 e. The standard InChI is InChI=1S/C16H24O4/c1-5-18-14(17)9-7-6-8-13-16(4,20-13)11-10-12-15(2,3)19-12/h6-9,12-13H,5,10-11H2,1-4H3/b8-6-,9-7+. The number of hydrogen-bond acceptors (Lipinski definition) is 4. The van der Waals surface area contributed by atoms with E-state index in [-0.39, 0.29) is 23.3 Å². The first kappa shape index (κ1) is 15.3. The molecule has 0 aromatic carbocycles. The van der Waals surface area contributed by atoms with Crippen LogP contribution in [0, 0.1) is 0 Å². The van der Waals surface area contributed by atoms with Crippen molar-refractivity contribution < 1.29 is 19.0 Å². The molecule has 0 aromatic rings. The van der Waals surface area contributed by atoms with Gasteiger partial charge >= 0.3 is 5.97 Å². The molecule has 112 valence electrons. The van der Waals surface area contributed by atoms with E-state index < -0.39 is 0 Å². The molecule has 2 fully saturated rings. The minimum atomic E-state index is -0.315. The Bertz CT molecular complexity index is 424. The van der Waals surface area contributed by atoms with Crippen LogP contribution in [-0.2, 0) is 19.0 Å². The van der Waals surface area contributed by atoms with Crippen molar-refractivity contribution in [3.8, 4) is 0 Å². The Morgan fingerprint density at radius 3 is 2.55 bits per heavy atom. The first-order chi connectivity index (χ1) is 9.37. The fraction of sp³-hybridized carbons (Fsp3) is 0.688. The van der Waals surface area contributed by atoms with Crippen LogP contribution < -0.4 is 0 Å². The average molecular weight is 280 g/mol. The molecule has 4 heteroatoms. The molecule has 0 saturated carbocycles. The second kappa shape index (κ2) is 5.70. The number of carbonyl (C=O) groups is 1. The van der Waals surface area contributed by atoms with Crippen molar-refractivity contribution in [3.63, 3.8) is 0 Å². The van der Waals surface area contributed by atoms with Crippen molar-refractivity contribution in [1.82, 2.24) is 0 Å². The molecule has 3 atom stereocenters. The molecule has 0 bridgehead atoms. The summed E-state index contributed by atoms with van der Waals surface area (Å²) in [6.07, 6.45) is 9.46. The molecule has 0 aromatic heterocycles. The first-order valence-corrected chi connectivity index (χ1v) is 7.24. The predicted octanol–water partition coefficient (Wildman–Crippen LogP) is 2.78. The average Bonchev–Trinajstić information content (AvgIpc) is 3.20. The van der Waals surface area contributed by atoms with Crippen LogP contribution in [0.3, 0.4) is 0 Å². The van der Waals surface area contributed by atoms with E-state index in [1.807, 2.05) is 12.2 Å². The SMILES string of the molecule is CCOC(=O)/C=C/C=C\C1OC1(C)CCC1OC1(C)C. The summed E-state index contributed by atoms with van der Waals surface area (Å²) >= 11 is 0. The van der Waals surface area contributed by atoms with E-state index in [0.29, 0.717) is 12.7 Å². The molecule has 0 amide bonds. The zero-order valence-corrected chi connectivity index (χ0v) is 12.7. The molecule has 2 heterocycles. The van der Waals surface area contributed by atoms with Crippen LogP contribution in [0.2, 0.25) is 0 Å². The summed E-state index contributed by atoms with van der Waals surface area (Å²) in [7, 11) is 0. The highest BCUT2D eigenvalue weighted by Gasteiger charge is 2.54. The van der Waals surface area contributed by atoms with Crippen molar-refractivity contribution in [1.29, 1.82) is 0 Å². The van der Waals surface area contributed by atoms with Crippen molar-refractivity contribution in [2.45, 2.75) is 63.9 Å². The molecule has 0 aliphatic carbocycles. The number of ether oxygens (including phenoxy) is 3. The molecule has 20 heavy (non-hydrogen) atoms. The summed E-state index contributed by atoms with van der Waals surface area (Å²) in [6, 6.07) is 0. The quantitative estimate of drug-likeness (QED) is 0.311. The number of carbonyl (C=O) groups excluding carboxylic acids is 1. The van der Waals surface area contributed by atoms with Crippen molar-refractivity contribution in [2.24, 2.45) is 0 Å². The van der Waals surface area contributed by atoms with Gasteiger partial charge < -0.3 is 14.2 Å². The number of rotatable bonds is 7. The van der Waals surface area contributed by atoms with Gasteiger partial charge in [0.25, 0.3) is 0 Å². The Balaban J connectivity index is 1.67. The van der Waals surface area contributed by atoms with Gasteiger partial charge in [-0.3, -0.25) is 0 Å². The molecular formula is C16H24O4. The zero-order chi connectivity index (χ0) is 14.8. The Kier molecular flexibility index (Phi) is 4.35. The van der Waals surface area contributed by atoms with Gasteiger partial charge in [0, 0.05) is 6.08 Å². The maximum Gasteiger partial charge on any atom is 0.330 e. The minimum Gasteiger partial charge on any atom is -0.463 e. The summed E-state index contributed by atoms with van der Waals surface area (Å²) in [5.74, 6) is -0.315. The second-order valence-electron chi connectivity index (χ2n) is 6.10. The van der Waals surface area contributed by atoms with Gasteiger partial charge in [0.2, 0.25) is 0 Å². The lowest BCUT2D eigenvalue weighted by Gasteiger charge is -2.03. The zero-order valence-electron chi connectivity index (χ0n) is 12.7. The lowest BCUT2D eigenvalue weighted by atomic mass is 9.97. The lowest BCUT2D eigenvalue weighted by Crippen LogP contribution is -2.12. The highest BCUT2D eigenvalue weighted by Crippen LogP contribution is 2.46. The van der Waals surface area contributed by atoms with Crippen molar-refractivity contribution in [3.05, 3.63) is 24.3 Å². The van der Waals surface area contributed by atoms with Crippen LogP contribution >= 0.6 is 0 Å². The lowest BCUT2D eigenvalue weighted by molar-refractivity contribution is -0.137. The molecule has 2 aliphatic rings. The number of epoxide rings is 2. The van der Waals surface area contributed by atoms with Gasteiger partial charge in [-0.2, -0.15) is 0 Å². The first-order valence-electron chi connectivity index (χ1n) is 7.24. The molecule has 2 aliphatic heterocycles. The van der Waals surface area contributed by atoms with E-state index in [9.17, 15) is 4.79 Å². The Morgan fingerprint density at radius 1 is 1.25 bits per heavy atom. The monoisotopic (exact) mass is 280 g/mol. The molecule has 2 saturated heterocycles. The van der Waals surface area contributed by atoms with E-state index in [2.05, 4.69) is 20.8 Å². The Hall–Kier alpha value is -1.13. The topological polar surface area (TPSA) is 51.4 Å². The van der Waals surface area contributed by atoms with E-state index in [4.69, 9.17) is 14.2 Å². The van der Waals surface area contributed by atoms with E-state index >= 15 is 0 Å². The van der Waals surface area contributed by atoms with Crippen LogP contribution in [-0.4, -0.2) is 36.0 Å². The summed E-state index contributed by atoms with van der Waals surface area (Å²) in [5.41, 5.74) is -0.0186. The number of esters is 1. The van der Waals surface area contributed by atoms with Gasteiger partial charge in [0.05, 0.1) is 23.9 Å². The molecule has 0 spiro atoms. The third-order valence-electron chi connectivity index (χ3n) is 3.92. The van der Waals surface area contributed by atoms with Gasteiger partial charge in [-0.1, -0.05) is 18.2 Å². The fourth-order valence-corrected chi connectivity index (χ4v) is 2.35. The fourth-order valence-electron chi connectivity index (χ4n) is 2.35. The van der Waals surface area contributed by atoms with E-state index in [1.165, 1.54) is 6.08 Å². The second-order valence-corrected chi connectivity index (χ2v) is 6.10. The van der Waals surface area contributed by atoms with Crippen LogP contribution in [0.5, 0.6) is 0 Å². The summed E-state index contributed by atoms with van der Waals surface area (Å²) in [5, 5.41) is 0. The number of hydrogen-bond donors (Lipinski definition) is 0. The molecule has 4 nitrogen and oxygen atoms in total. The minimum absolute atomic E-state index is 0.0545. The highest BCUT2D eigenvalue weighted by atomic mass is 16.6. The number of allylic oxidation sites excluding steroid dienone is 2. The van der Waals surface area contributed by atoms with Crippen LogP contribution in [0.15, 0.2) is 24.3 Å². The molecular weight excluding hydrogens is 256 g/mol. The van der Waals surface area contributed by atoms with Gasteiger partial charge in [0.1, 0.15) is 6.10 Å². The van der Waals surface area contributed by atoms with E-state index in [1.54, 1.807) is 13.0 Å². The van der Waals surface area contributed by atoms with Crippen molar-refractivity contribution >= 4 is 5.97 Å². The Labute approximate surface area is 120 Å². The maximum atomic E-state index is 11.1. The summed E-state index contributed by atoms with van der Waals surface area (Å²) in [6.45, 7) is 8.54. The third kappa shape index (κ3) is 3.93. The predicted molar refractivity (Wildman–Crippen MR) is 76.4 cm³/mol. The highest BCUT2D eigenvalue weighted by molar-refractivity contribution is 5.82. The van der Waals surface area contributed by atoms with E-state index in [0.717, 1.165) is 12.8 Å². The third-order valence-corrected chi connectivity index (χ3v) is 3.92. The van der Waals surface area contributed by atoms with Crippen LogP contribution in [0.4, 0.5) is 0 Å². The van der Waals surface area contributed by atoms with Crippen LogP contribution in [0.1, 0.15) is 40.5 Å². The van der Waals surface area contributed by atoms with Gasteiger partial charge in [-0.15, -0.1) is 0 Å². The molecule has 2 rings (SSSR count). The molecule has 3 unspecified atom stereocenters. The molecule has 0 N–H and O–H groups in total. The van der Waals surface area contributed by atoms with Crippen LogP contribution in [0.25, 0.3) is 0 Å². The molecule has 0 radical (unpaired) electrons. The summed E-state index contributed by atoms with van der Waals surface area (Å²) in [4.78, 5) is 11.1.